The Morgan fingerprint density at radius 3 is 2.61 bits per heavy atom. The number of nitrogens with zero attached hydrogens (tertiary/aromatic N) is 1. The molecule has 1 amide bonds. The van der Waals surface area contributed by atoms with Crippen molar-refractivity contribution < 1.29 is 14.3 Å². The average Bonchev–Trinajstić information content (AvgIpc) is 2.34. The van der Waals surface area contributed by atoms with E-state index in [9.17, 15) is 9.59 Å². The fourth-order valence-corrected chi connectivity index (χ4v) is 1.49. The molecule has 0 aliphatic heterocycles. The number of esters is 1. The number of hydrogen-bond donors (Lipinski definition) is 2. The molecular formula is C12H17N3O3. The molecule has 1 unspecified atom stereocenters. The summed E-state index contributed by atoms with van der Waals surface area (Å²) in [4.78, 5) is 26.9. The Morgan fingerprint density at radius 2 is 2.11 bits per heavy atom. The van der Waals surface area contributed by atoms with E-state index in [1.165, 1.54) is 13.3 Å². The number of methoxy groups -OCH3 is 1. The van der Waals surface area contributed by atoms with Crippen LogP contribution in [-0.2, 0) is 9.53 Å². The minimum Gasteiger partial charge on any atom is -0.467 e. The van der Waals surface area contributed by atoms with Gasteiger partial charge in [0.2, 0.25) is 0 Å². The van der Waals surface area contributed by atoms with Gasteiger partial charge in [0.1, 0.15) is 11.9 Å². The van der Waals surface area contributed by atoms with E-state index in [0.717, 1.165) is 0 Å². The summed E-state index contributed by atoms with van der Waals surface area (Å²) in [6.07, 6.45) is 1.52. The van der Waals surface area contributed by atoms with Gasteiger partial charge < -0.3 is 15.8 Å². The molecule has 1 aromatic rings. The highest BCUT2D eigenvalue weighted by molar-refractivity contribution is 5.98. The second kappa shape index (κ2) is 6.00. The van der Waals surface area contributed by atoms with Crippen LogP contribution in [0.5, 0.6) is 0 Å². The first kappa shape index (κ1) is 14.0. The van der Waals surface area contributed by atoms with E-state index in [4.69, 9.17) is 10.5 Å². The Kier molecular flexibility index (Phi) is 4.65. The number of rotatable bonds is 5. The monoisotopic (exact) mass is 251 g/mol. The van der Waals surface area contributed by atoms with E-state index in [1.54, 1.807) is 12.1 Å². The molecule has 6 nitrogen and oxygen atoms in total. The van der Waals surface area contributed by atoms with Gasteiger partial charge in [-0.1, -0.05) is 13.8 Å². The molecule has 3 N–H and O–H groups in total. The van der Waals surface area contributed by atoms with Crippen LogP contribution >= 0.6 is 0 Å². The summed E-state index contributed by atoms with van der Waals surface area (Å²) in [7, 11) is 1.31. The van der Waals surface area contributed by atoms with Gasteiger partial charge in [0.25, 0.3) is 5.91 Å². The minimum atomic E-state index is -0.599. The third-order valence-electron chi connectivity index (χ3n) is 2.49. The van der Waals surface area contributed by atoms with Crippen LogP contribution in [0.2, 0.25) is 0 Å². The van der Waals surface area contributed by atoms with Gasteiger partial charge in [-0.25, -0.2) is 9.78 Å². The molecule has 1 rings (SSSR count). The number of carbonyl (C=O) groups is 2. The second-order valence-corrected chi connectivity index (χ2v) is 4.15. The SMILES string of the molecule is COC(=O)C(Nc1ncccc1C(N)=O)C(C)C. The molecule has 1 heterocycles. The largest absolute Gasteiger partial charge is 0.467 e. The van der Waals surface area contributed by atoms with Crippen LogP contribution in [0.25, 0.3) is 0 Å². The highest BCUT2D eigenvalue weighted by Gasteiger charge is 2.24. The summed E-state index contributed by atoms with van der Waals surface area (Å²) in [5.74, 6) is -0.738. The molecule has 18 heavy (non-hydrogen) atoms. The van der Waals surface area contributed by atoms with Crippen LogP contribution in [0.1, 0.15) is 24.2 Å². The van der Waals surface area contributed by atoms with E-state index < -0.39 is 17.9 Å². The van der Waals surface area contributed by atoms with Crippen LogP contribution in [0, 0.1) is 5.92 Å². The summed E-state index contributed by atoms with van der Waals surface area (Å²) in [6.45, 7) is 3.73. The average molecular weight is 251 g/mol. The second-order valence-electron chi connectivity index (χ2n) is 4.15. The first-order chi connectivity index (χ1) is 8.47. The van der Waals surface area contributed by atoms with Crippen molar-refractivity contribution in [3.8, 4) is 0 Å². The third kappa shape index (κ3) is 3.19. The summed E-state index contributed by atoms with van der Waals surface area (Å²) >= 11 is 0. The lowest BCUT2D eigenvalue weighted by molar-refractivity contribution is -0.142. The number of aromatic nitrogens is 1. The Hall–Kier alpha value is -2.11. The fourth-order valence-electron chi connectivity index (χ4n) is 1.49. The van der Waals surface area contributed by atoms with Crippen LogP contribution in [0.3, 0.4) is 0 Å². The van der Waals surface area contributed by atoms with Crippen molar-refractivity contribution >= 4 is 17.7 Å². The predicted octanol–water partition coefficient (Wildman–Crippen LogP) is 0.790. The number of anilines is 1. The topological polar surface area (TPSA) is 94.3 Å². The first-order valence-corrected chi connectivity index (χ1v) is 5.56. The van der Waals surface area contributed by atoms with Crippen molar-refractivity contribution in [2.24, 2.45) is 11.7 Å². The van der Waals surface area contributed by atoms with E-state index >= 15 is 0 Å². The summed E-state index contributed by atoms with van der Waals surface area (Å²) in [6, 6.07) is 2.57. The Morgan fingerprint density at radius 1 is 1.44 bits per heavy atom. The number of nitrogens with one attached hydrogen (secondary N) is 1. The lowest BCUT2D eigenvalue weighted by Gasteiger charge is -2.21. The van der Waals surface area contributed by atoms with Gasteiger partial charge >= 0.3 is 5.97 Å². The number of carbonyl (C=O) groups excluding carboxylic acids is 2. The molecule has 0 radical (unpaired) electrons. The maximum absolute atomic E-state index is 11.6. The molecule has 98 valence electrons. The molecule has 0 saturated heterocycles. The zero-order valence-corrected chi connectivity index (χ0v) is 10.6. The van der Waals surface area contributed by atoms with Gasteiger partial charge in [0, 0.05) is 6.20 Å². The quantitative estimate of drug-likeness (QED) is 0.754. The number of amides is 1. The molecular weight excluding hydrogens is 234 g/mol. The molecule has 0 spiro atoms. The van der Waals surface area contributed by atoms with Gasteiger partial charge in [-0.15, -0.1) is 0 Å². The fraction of sp³-hybridized carbons (Fsp3) is 0.417. The molecule has 0 saturated carbocycles. The normalized spacial score (nSPS) is 12.0. The van der Waals surface area contributed by atoms with E-state index in [1.807, 2.05) is 13.8 Å². The van der Waals surface area contributed by atoms with Crippen molar-refractivity contribution in [2.75, 3.05) is 12.4 Å². The van der Waals surface area contributed by atoms with Crippen molar-refractivity contribution in [1.82, 2.24) is 4.98 Å². The molecule has 0 fully saturated rings. The van der Waals surface area contributed by atoms with Crippen molar-refractivity contribution in [2.45, 2.75) is 19.9 Å². The molecule has 1 aromatic heterocycles. The Bertz CT molecular complexity index is 446. The Labute approximate surface area is 106 Å². The van der Waals surface area contributed by atoms with Crippen molar-refractivity contribution in [3.05, 3.63) is 23.9 Å². The smallest absolute Gasteiger partial charge is 0.328 e. The summed E-state index contributed by atoms with van der Waals surface area (Å²) in [5, 5.41) is 2.89. The van der Waals surface area contributed by atoms with Crippen LogP contribution in [-0.4, -0.2) is 30.0 Å². The standard InChI is InChI=1S/C12H17N3O3/c1-7(2)9(12(17)18-3)15-11-8(10(13)16)5-4-6-14-11/h4-7,9H,1-3H3,(H2,13,16)(H,14,15). The van der Waals surface area contributed by atoms with Gasteiger partial charge in [-0.05, 0) is 18.1 Å². The van der Waals surface area contributed by atoms with Gasteiger partial charge in [0.15, 0.2) is 0 Å². The highest BCUT2D eigenvalue weighted by Crippen LogP contribution is 2.15. The van der Waals surface area contributed by atoms with Crippen molar-refractivity contribution in [3.63, 3.8) is 0 Å². The van der Waals surface area contributed by atoms with Crippen LogP contribution in [0.15, 0.2) is 18.3 Å². The summed E-state index contributed by atoms with van der Waals surface area (Å²) in [5.41, 5.74) is 5.48. The van der Waals surface area contributed by atoms with Gasteiger partial charge in [0.05, 0.1) is 12.7 Å². The lowest BCUT2D eigenvalue weighted by atomic mass is 10.0. The van der Waals surface area contributed by atoms with Gasteiger partial charge in [-0.2, -0.15) is 0 Å². The number of pyridine rings is 1. The number of hydrogen-bond acceptors (Lipinski definition) is 5. The van der Waals surface area contributed by atoms with Gasteiger partial charge in [-0.3, -0.25) is 4.79 Å². The van der Waals surface area contributed by atoms with E-state index in [2.05, 4.69) is 10.3 Å². The van der Waals surface area contributed by atoms with Crippen LogP contribution < -0.4 is 11.1 Å². The first-order valence-electron chi connectivity index (χ1n) is 5.56. The maximum Gasteiger partial charge on any atom is 0.328 e. The van der Waals surface area contributed by atoms with Crippen LogP contribution in [0.4, 0.5) is 5.82 Å². The highest BCUT2D eigenvalue weighted by atomic mass is 16.5. The molecule has 0 aliphatic carbocycles. The third-order valence-corrected chi connectivity index (χ3v) is 2.49. The van der Waals surface area contributed by atoms with E-state index in [-0.39, 0.29) is 17.3 Å². The zero-order valence-electron chi connectivity index (χ0n) is 10.6. The molecule has 0 bridgehead atoms. The molecule has 1 atom stereocenters. The number of primary amides is 1. The minimum absolute atomic E-state index is 0.0137. The Balaban J connectivity index is 3.01. The molecule has 0 aromatic carbocycles. The lowest BCUT2D eigenvalue weighted by Crippen LogP contribution is -2.36. The molecule has 6 heteroatoms. The maximum atomic E-state index is 11.6. The van der Waals surface area contributed by atoms with Crippen molar-refractivity contribution in [1.29, 1.82) is 0 Å². The number of ether oxygens (including phenoxy) is 1. The van der Waals surface area contributed by atoms with E-state index in [0.29, 0.717) is 0 Å². The molecule has 0 aliphatic rings. The summed E-state index contributed by atoms with van der Waals surface area (Å²) < 4.78 is 4.70. The zero-order chi connectivity index (χ0) is 13.7. The number of nitrogens with two attached hydrogens (primary N) is 1. The predicted molar refractivity (Wildman–Crippen MR) is 67.0 cm³/mol.